The Kier molecular flexibility index (Phi) is 2.97. The largest absolute Gasteiger partial charge is 0.245 e. The summed E-state index contributed by atoms with van der Waals surface area (Å²) in [7, 11) is 0. The molecule has 0 saturated carbocycles. The summed E-state index contributed by atoms with van der Waals surface area (Å²) < 4.78 is 0. The summed E-state index contributed by atoms with van der Waals surface area (Å²) in [6.07, 6.45) is 3.35. The van der Waals surface area contributed by atoms with Crippen molar-refractivity contribution in [1.82, 2.24) is 4.98 Å². The van der Waals surface area contributed by atoms with Gasteiger partial charge >= 0.3 is 0 Å². The van der Waals surface area contributed by atoms with E-state index in [1.54, 1.807) is 11.8 Å². The number of aromatic nitrogens is 1. The smallest absolute Gasteiger partial charge is 0.114 e. The summed E-state index contributed by atoms with van der Waals surface area (Å²) in [5.74, 6) is 0. The third-order valence-corrected chi connectivity index (χ3v) is 3.49. The van der Waals surface area contributed by atoms with Crippen LogP contribution in [0.15, 0.2) is 11.1 Å². The lowest BCUT2D eigenvalue weighted by Gasteiger charge is -2.08. The molecule has 1 aromatic heterocycles. The van der Waals surface area contributed by atoms with E-state index in [-0.39, 0.29) is 0 Å². The predicted molar refractivity (Wildman–Crippen MR) is 62.0 cm³/mol. The van der Waals surface area contributed by atoms with Crippen LogP contribution in [0.1, 0.15) is 37.1 Å². The number of nitrogens with zero attached hydrogens (tertiary/aromatic N) is 2. The second-order valence-electron chi connectivity index (χ2n) is 4.08. The molecule has 3 heteroatoms. The lowest BCUT2D eigenvalue weighted by atomic mass is 10.2. The van der Waals surface area contributed by atoms with Gasteiger partial charge in [-0.3, -0.25) is 0 Å². The number of hydrogen-bond donors (Lipinski definition) is 0. The van der Waals surface area contributed by atoms with Crippen molar-refractivity contribution in [2.24, 2.45) is 0 Å². The zero-order valence-electron chi connectivity index (χ0n) is 9.08. The maximum Gasteiger partial charge on any atom is 0.114 e. The number of thioether (sulfide) groups is 1. The second kappa shape index (κ2) is 4.24. The normalized spacial score (nSPS) is 14.0. The van der Waals surface area contributed by atoms with Crippen molar-refractivity contribution in [3.63, 3.8) is 0 Å². The molecule has 0 unspecified atom stereocenters. The summed E-state index contributed by atoms with van der Waals surface area (Å²) in [6, 6.07) is 4.28. The third-order valence-electron chi connectivity index (χ3n) is 2.48. The molecule has 0 radical (unpaired) electrons. The van der Waals surface area contributed by atoms with E-state index < -0.39 is 0 Å². The van der Waals surface area contributed by atoms with Crippen LogP contribution in [0, 0.1) is 11.3 Å². The zero-order chi connectivity index (χ0) is 10.8. The Labute approximate surface area is 94.7 Å². The number of pyridine rings is 1. The molecule has 15 heavy (non-hydrogen) atoms. The fourth-order valence-electron chi connectivity index (χ4n) is 1.85. The van der Waals surface area contributed by atoms with E-state index in [2.05, 4.69) is 24.9 Å². The zero-order valence-corrected chi connectivity index (χ0v) is 9.90. The molecule has 0 amide bonds. The average molecular weight is 218 g/mol. The Balaban J connectivity index is 2.41. The van der Waals surface area contributed by atoms with Gasteiger partial charge in [0.1, 0.15) is 11.1 Å². The molecule has 0 aromatic carbocycles. The molecule has 0 spiro atoms. The number of aryl methyl sites for hydroxylation is 2. The predicted octanol–water partition coefficient (Wildman–Crippen LogP) is 2.94. The molecule has 0 bridgehead atoms. The summed E-state index contributed by atoms with van der Waals surface area (Å²) in [5.41, 5.74) is 3.23. The lowest BCUT2D eigenvalue weighted by molar-refractivity contribution is 0.890. The Morgan fingerprint density at radius 3 is 2.93 bits per heavy atom. The molecule has 78 valence electrons. The van der Waals surface area contributed by atoms with Gasteiger partial charge in [-0.1, -0.05) is 13.8 Å². The minimum atomic E-state index is 0.476. The standard InChI is InChI=1S/C12H14N2S/c1-8(2)15-12-10(7-13)6-9-4-3-5-11(9)14-12/h6,8H,3-5H2,1-2H3. The minimum Gasteiger partial charge on any atom is -0.245 e. The van der Waals surface area contributed by atoms with Gasteiger partial charge in [-0.05, 0) is 30.9 Å². The highest BCUT2D eigenvalue weighted by Gasteiger charge is 2.17. The first-order valence-corrected chi connectivity index (χ1v) is 6.18. The van der Waals surface area contributed by atoms with Crippen molar-refractivity contribution < 1.29 is 0 Å². The van der Waals surface area contributed by atoms with Crippen molar-refractivity contribution in [3.05, 3.63) is 22.9 Å². The third kappa shape index (κ3) is 2.15. The monoisotopic (exact) mass is 218 g/mol. The average Bonchev–Trinajstić information content (AvgIpc) is 2.62. The van der Waals surface area contributed by atoms with E-state index in [1.165, 1.54) is 17.7 Å². The molecular formula is C12H14N2S. The van der Waals surface area contributed by atoms with Crippen molar-refractivity contribution >= 4 is 11.8 Å². The van der Waals surface area contributed by atoms with Crippen LogP contribution in [-0.4, -0.2) is 10.2 Å². The number of nitriles is 1. The van der Waals surface area contributed by atoms with Crippen LogP contribution in [0.25, 0.3) is 0 Å². The van der Waals surface area contributed by atoms with E-state index in [4.69, 9.17) is 5.26 Å². The van der Waals surface area contributed by atoms with Crippen LogP contribution in [0.3, 0.4) is 0 Å². The van der Waals surface area contributed by atoms with Gasteiger partial charge in [0, 0.05) is 10.9 Å². The van der Waals surface area contributed by atoms with Crippen LogP contribution in [0.5, 0.6) is 0 Å². The van der Waals surface area contributed by atoms with Crippen LogP contribution in [0.2, 0.25) is 0 Å². The summed E-state index contributed by atoms with van der Waals surface area (Å²) in [5, 5.41) is 10.4. The van der Waals surface area contributed by atoms with Crippen LogP contribution < -0.4 is 0 Å². The SMILES string of the molecule is CC(C)Sc1nc2c(cc1C#N)CCC2. The van der Waals surface area contributed by atoms with Gasteiger partial charge in [0.15, 0.2) is 0 Å². The van der Waals surface area contributed by atoms with Gasteiger partial charge in [-0.2, -0.15) is 5.26 Å². The van der Waals surface area contributed by atoms with E-state index in [0.717, 1.165) is 23.4 Å². The molecule has 0 N–H and O–H groups in total. The van der Waals surface area contributed by atoms with Crippen LogP contribution >= 0.6 is 11.8 Å². The van der Waals surface area contributed by atoms with Crippen LogP contribution in [-0.2, 0) is 12.8 Å². The Morgan fingerprint density at radius 1 is 1.47 bits per heavy atom. The van der Waals surface area contributed by atoms with Crippen molar-refractivity contribution in [3.8, 4) is 6.07 Å². The molecule has 1 aliphatic rings. The molecule has 2 nitrogen and oxygen atoms in total. The summed E-state index contributed by atoms with van der Waals surface area (Å²) >= 11 is 1.68. The molecule has 0 fully saturated rings. The van der Waals surface area contributed by atoms with Gasteiger partial charge < -0.3 is 0 Å². The number of fused-ring (bicyclic) bond motifs is 1. The lowest BCUT2D eigenvalue weighted by Crippen LogP contribution is -1.97. The van der Waals surface area contributed by atoms with E-state index in [1.807, 2.05) is 6.07 Å². The molecule has 1 heterocycles. The van der Waals surface area contributed by atoms with E-state index >= 15 is 0 Å². The molecule has 0 aliphatic heterocycles. The molecular weight excluding hydrogens is 204 g/mol. The molecule has 1 aromatic rings. The molecule has 0 atom stereocenters. The summed E-state index contributed by atoms with van der Waals surface area (Å²) in [6.45, 7) is 4.25. The Bertz CT molecular complexity index is 418. The van der Waals surface area contributed by atoms with E-state index in [0.29, 0.717) is 5.25 Å². The molecule has 0 saturated heterocycles. The quantitative estimate of drug-likeness (QED) is 0.716. The number of rotatable bonds is 2. The van der Waals surface area contributed by atoms with Gasteiger partial charge in [-0.25, -0.2) is 4.98 Å². The summed E-state index contributed by atoms with van der Waals surface area (Å²) in [4.78, 5) is 4.60. The Morgan fingerprint density at radius 2 is 2.27 bits per heavy atom. The van der Waals surface area contributed by atoms with Crippen molar-refractivity contribution in [1.29, 1.82) is 5.26 Å². The fourth-order valence-corrected chi connectivity index (χ4v) is 2.69. The topological polar surface area (TPSA) is 36.7 Å². The van der Waals surface area contributed by atoms with Gasteiger partial charge in [0.25, 0.3) is 0 Å². The Hall–Kier alpha value is -1.01. The molecule has 1 aliphatic carbocycles. The maximum atomic E-state index is 9.06. The highest BCUT2D eigenvalue weighted by atomic mass is 32.2. The minimum absolute atomic E-state index is 0.476. The highest BCUT2D eigenvalue weighted by Crippen LogP contribution is 2.29. The molecule has 2 rings (SSSR count). The first-order chi connectivity index (χ1) is 7.20. The van der Waals surface area contributed by atoms with Crippen molar-refractivity contribution in [2.45, 2.75) is 43.4 Å². The van der Waals surface area contributed by atoms with E-state index in [9.17, 15) is 0 Å². The first-order valence-electron chi connectivity index (χ1n) is 5.30. The second-order valence-corrected chi connectivity index (χ2v) is 5.64. The number of hydrogen-bond acceptors (Lipinski definition) is 3. The van der Waals surface area contributed by atoms with Gasteiger partial charge in [-0.15, -0.1) is 11.8 Å². The fraction of sp³-hybridized carbons (Fsp3) is 0.500. The highest BCUT2D eigenvalue weighted by molar-refractivity contribution is 7.99. The van der Waals surface area contributed by atoms with Crippen LogP contribution in [0.4, 0.5) is 0 Å². The van der Waals surface area contributed by atoms with Crippen molar-refractivity contribution in [2.75, 3.05) is 0 Å². The maximum absolute atomic E-state index is 9.06. The van der Waals surface area contributed by atoms with Gasteiger partial charge in [0.2, 0.25) is 0 Å². The first kappa shape index (κ1) is 10.5. The van der Waals surface area contributed by atoms with Gasteiger partial charge in [0.05, 0.1) is 5.56 Å².